The van der Waals surface area contributed by atoms with Gasteiger partial charge in [0.15, 0.2) is 0 Å². The van der Waals surface area contributed by atoms with E-state index < -0.39 is 10.8 Å². The van der Waals surface area contributed by atoms with Gasteiger partial charge in [0, 0.05) is 45.4 Å². The number of rotatable bonds is 5. The first kappa shape index (κ1) is 16.3. The topological polar surface area (TPSA) is 59.1 Å². The molecule has 1 unspecified atom stereocenters. The maximum Gasteiger partial charge on any atom is 0.251 e. The second-order valence-electron chi connectivity index (χ2n) is 5.67. The van der Waals surface area contributed by atoms with E-state index in [4.69, 9.17) is 0 Å². The van der Waals surface area contributed by atoms with Crippen LogP contribution in [0.1, 0.15) is 38.8 Å². The first-order valence-electron chi connectivity index (χ1n) is 7.82. The zero-order valence-electron chi connectivity index (χ0n) is 13.1. The molecule has 0 radical (unpaired) electrons. The molecule has 0 fully saturated rings. The van der Waals surface area contributed by atoms with Crippen molar-refractivity contribution >= 4 is 28.0 Å². The Bertz CT molecular complexity index is 699. The Labute approximate surface area is 142 Å². The van der Waals surface area contributed by atoms with Crippen LogP contribution in [0.4, 0.5) is 0 Å². The highest BCUT2D eigenvalue weighted by Crippen LogP contribution is 2.26. The predicted octanol–water partition coefficient (Wildman–Crippen LogP) is 2.73. The molecule has 1 heterocycles. The van der Waals surface area contributed by atoms with E-state index in [2.05, 4.69) is 10.3 Å². The number of amides is 1. The third-order valence-corrected chi connectivity index (χ3v) is 6.12. The molecule has 4 nitrogen and oxygen atoms in total. The molecule has 0 saturated heterocycles. The van der Waals surface area contributed by atoms with Crippen molar-refractivity contribution in [2.24, 2.45) is 0 Å². The van der Waals surface area contributed by atoms with Crippen LogP contribution in [0.2, 0.25) is 0 Å². The molecule has 2 aromatic rings. The van der Waals surface area contributed by atoms with Gasteiger partial charge >= 0.3 is 0 Å². The van der Waals surface area contributed by atoms with E-state index in [0.717, 1.165) is 29.2 Å². The number of benzene rings is 1. The van der Waals surface area contributed by atoms with Gasteiger partial charge in [-0.05, 0) is 49.9 Å². The van der Waals surface area contributed by atoms with Gasteiger partial charge in [0.2, 0.25) is 0 Å². The minimum atomic E-state index is -1.02. The fraction of sp³-hybridized carbons (Fsp3) is 0.412. The van der Waals surface area contributed by atoms with Gasteiger partial charge in [0.25, 0.3) is 5.91 Å². The third-order valence-electron chi connectivity index (χ3n) is 3.96. The van der Waals surface area contributed by atoms with Crippen molar-refractivity contribution in [3.63, 3.8) is 0 Å². The predicted molar refractivity (Wildman–Crippen MR) is 93.6 cm³/mol. The average Bonchev–Trinajstić information content (AvgIpc) is 2.97. The first-order valence-corrected chi connectivity index (χ1v) is 10.2. The van der Waals surface area contributed by atoms with E-state index in [1.54, 1.807) is 41.9 Å². The average molecular weight is 348 g/mol. The summed E-state index contributed by atoms with van der Waals surface area (Å²) in [6, 6.07) is 6.90. The van der Waals surface area contributed by atoms with Gasteiger partial charge in [0.05, 0.1) is 10.7 Å². The fourth-order valence-electron chi connectivity index (χ4n) is 2.70. The van der Waals surface area contributed by atoms with Crippen molar-refractivity contribution in [3.05, 3.63) is 45.4 Å². The normalized spacial score (nSPS) is 15.0. The van der Waals surface area contributed by atoms with Crippen molar-refractivity contribution < 1.29 is 9.00 Å². The van der Waals surface area contributed by atoms with Crippen LogP contribution >= 0.6 is 11.3 Å². The zero-order valence-corrected chi connectivity index (χ0v) is 14.8. The molecule has 0 spiro atoms. The summed E-state index contributed by atoms with van der Waals surface area (Å²) in [7, 11) is -1.02. The molecule has 1 N–H and O–H groups in total. The number of nitrogens with zero attached hydrogens (tertiary/aromatic N) is 1. The smallest absolute Gasteiger partial charge is 0.251 e. The third kappa shape index (κ3) is 4.06. The molecule has 0 saturated carbocycles. The number of carbonyl (C=O) groups is 1. The second kappa shape index (κ2) is 7.36. The van der Waals surface area contributed by atoms with Gasteiger partial charge in [-0.25, -0.2) is 4.98 Å². The summed E-state index contributed by atoms with van der Waals surface area (Å²) >= 11 is 1.79. The highest BCUT2D eigenvalue weighted by atomic mass is 32.2. The zero-order chi connectivity index (χ0) is 16.2. The van der Waals surface area contributed by atoms with Gasteiger partial charge in [0.1, 0.15) is 0 Å². The summed E-state index contributed by atoms with van der Waals surface area (Å²) < 4.78 is 11.3. The second-order valence-corrected chi connectivity index (χ2v) is 8.22. The number of carbonyl (C=O) groups excluding carboxylic acids is 1. The molecule has 1 atom stereocenters. The number of aromatic nitrogens is 1. The van der Waals surface area contributed by atoms with E-state index in [1.807, 2.05) is 0 Å². The van der Waals surface area contributed by atoms with Gasteiger partial charge in [-0.2, -0.15) is 0 Å². The van der Waals surface area contributed by atoms with E-state index in [-0.39, 0.29) is 5.91 Å². The van der Waals surface area contributed by atoms with Crippen LogP contribution in [0, 0.1) is 0 Å². The van der Waals surface area contributed by atoms with E-state index in [0.29, 0.717) is 12.1 Å². The van der Waals surface area contributed by atoms with Crippen LogP contribution in [-0.4, -0.2) is 27.9 Å². The molecule has 3 rings (SSSR count). The Morgan fingerprint density at radius 3 is 2.70 bits per heavy atom. The lowest BCUT2D eigenvalue weighted by molar-refractivity contribution is 0.0954. The molecular weight excluding hydrogens is 328 g/mol. The molecule has 1 amide bonds. The lowest BCUT2D eigenvalue weighted by Gasteiger charge is -2.06. The Morgan fingerprint density at radius 2 is 2.00 bits per heavy atom. The van der Waals surface area contributed by atoms with Crippen LogP contribution in [0.25, 0.3) is 0 Å². The standard InChI is InChI=1S/C17H20N2O2S2/c1-23(21)13-8-6-12(7-9-13)17(20)18-11-10-16-19-14-4-2-3-5-15(14)22-16/h6-9H,2-5,10-11H2,1H3,(H,18,20). The Balaban J connectivity index is 1.52. The highest BCUT2D eigenvalue weighted by Gasteiger charge is 2.15. The highest BCUT2D eigenvalue weighted by molar-refractivity contribution is 7.84. The summed E-state index contributed by atoms with van der Waals surface area (Å²) in [5.74, 6) is -0.0974. The fourth-order valence-corrected chi connectivity index (χ4v) is 4.37. The summed E-state index contributed by atoms with van der Waals surface area (Å²) in [6.45, 7) is 0.590. The molecule has 23 heavy (non-hydrogen) atoms. The lowest BCUT2D eigenvalue weighted by Crippen LogP contribution is -2.25. The number of aryl methyl sites for hydroxylation is 2. The maximum atomic E-state index is 12.1. The number of hydrogen-bond acceptors (Lipinski definition) is 4. The Hall–Kier alpha value is -1.53. The van der Waals surface area contributed by atoms with Crippen molar-refractivity contribution in [2.45, 2.75) is 37.0 Å². The summed E-state index contributed by atoms with van der Waals surface area (Å²) in [4.78, 5) is 19.0. The summed E-state index contributed by atoms with van der Waals surface area (Å²) in [5, 5.41) is 4.05. The Kier molecular flexibility index (Phi) is 5.23. The minimum absolute atomic E-state index is 0.0974. The van der Waals surface area contributed by atoms with Crippen LogP contribution in [0.5, 0.6) is 0 Å². The van der Waals surface area contributed by atoms with Crippen molar-refractivity contribution in [1.82, 2.24) is 10.3 Å². The molecule has 122 valence electrons. The molecule has 1 aromatic heterocycles. The Morgan fingerprint density at radius 1 is 1.26 bits per heavy atom. The lowest BCUT2D eigenvalue weighted by atomic mass is 10.0. The van der Waals surface area contributed by atoms with Crippen LogP contribution in [0.15, 0.2) is 29.2 Å². The van der Waals surface area contributed by atoms with E-state index >= 15 is 0 Å². The first-order chi connectivity index (χ1) is 11.1. The quantitative estimate of drug-likeness (QED) is 0.904. The van der Waals surface area contributed by atoms with Crippen molar-refractivity contribution in [3.8, 4) is 0 Å². The summed E-state index contributed by atoms with van der Waals surface area (Å²) in [5.41, 5.74) is 1.86. The molecule has 1 aliphatic rings. The molecule has 0 aliphatic heterocycles. The van der Waals surface area contributed by atoms with E-state index in [1.165, 1.54) is 23.4 Å². The van der Waals surface area contributed by atoms with Crippen LogP contribution in [0.3, 0.4) is 0 Å². The molecule has 0 bridgehead atoms. The van der Waals surface area contributed by atoms with Crippen LogP contribution < -0.4 is 5.32 Å². The largest absolute Gasteiger partial charge is 0.352 e. The van der Waals surface area contributed by atoms with Crippen molar-refractivity contribution in [1.29, 1.82) is 0 Å². The van der Waals surface area contributed by atoms with Crippen molar-refractivity contribution in [2.75, 3.05) is 12.8 Å². The SMILES string of the molecule is CS(=O)c1ccc(C(=O)NCCc2nc3c(s2)CCCC3)cc1. The molecule has 1 aromatic carbocycles. The van der Waals surface area contributed by atoms with Gasteiger partial charge in [-0.15, -0.1) is 11.3 Å². The van der Waals surface area contributed by atoms with Gasteiger partial charge in [-0.1, -0.05) is 0 Å². The minimum Gasteiger partial charge on any atom is -0.352 e. The number of nitrogens with one attached hydrogen (secondary N) is 1. The monoisotopic (exact) mass is 348 g/mol. The molecular formula is C17H20N2O2S2. The van der Waals surface area contributed by atoms with Gasteiger partial charge in [-0.3, -0.25) is 9.00 Å². The van der Waals surface area contributed by atoms with Crippen LogP contribution in [-0.2, 0) is 30.1 Å². The summed E-state index contributed by atoms with van der Waals surface area (Å²) in [6.07, 6.45) is 7.17. The molecule has 6 heteroatoms. The number of fused-ring (bicyclic) bond motifs is 1. The maximum absolute atomic E-state index is 12.1. The van der Waals surface area contributed by atoms with Gasteiger partial charge < -0.3 is 5.32 Å². The number of thiazole rings is 1. The van der Waals surface area contributed by atoms with E-state index in [9.17, 15) is 9.00 Å². The number of hydrogen-bond donors (Lipinski definition) is 1. The molecule has 1 aliphatic carbocycles.